The number of alkyl carbamates (subject to hydrolysis) is 1. The molecule has 0 saturated carbocycles. The van der Waals surface area contributed by atoms with Gasteiger partial charge in [0.15, 0.2) is 0 Å². The van der Waals surface area contributed by atoms with Gasteiger partial charge in [0, 0.05) is 13.1 Å². The number of aryl methyl sites for hydroxylation is 1. The molecule has 0 radical (unpaired) electrons. The van der Waals surface area contributed by atoms with Crippen LogP contribution >= 0.6 is 0 Å². The number of carbonyl (C=O) groups excluding carboxylic acids is 1. The summed E-state index contributed by atoms with van der Waals surface area (Å²) in [6.45, 7) is 5.61. The molecule has 1 aromatic heterocycles. The number of nitrogens with zero attached hydrogens (tertiary/aromatic N) is 1. The van der Waals surface area contributed by atoms with Gasteiger partial charge in [0.2, 0.25) is 0 Å². The summed E-state index contributed by atoms with van der Waals surface area (Å²) in [4.78, 5) is 22.4. The highest BCUT2D eigenvalue weighted by molar-refractivity contribution is 5.67. The minimum Gasteiger partial charge on any atom is -0.444 e. The van der Waals surface area contributed by atoms with Crippen molar-refractivity contribution in [2.45, 2.75) is 32.9 Å². The molecule has 0 aromatic carbocycles. The number of hydrogen-bond donors (Lipinski definition) is 2. The molecule has 90 valence electrons. The third kappa shape index (κ3) is 3.80. The van der Waals surface area contributed by atoms with Crippen LogP contribution in [0, 0.1) is 0 Å². The van der Waals surface area contributed by atoms with Gasteiger partial charge in [-0.3, -0.25) is 14.6 Å². The molecule has 0 bridgehead atoms. The topological polar surface area (TPSA) is 76.1 Å². The number of amides is 1. The number of aromatic nitrogens is 2. The molecule has 6 heteroatoms. The van der Waals surface area contributed by atoms with Crippen LogP contribution < -0.4 is 10.9 Å². The molecule has 6 nitrogen and oxygen atoms in total. The van der Waals surface area contributed by atoms with Crippen molar-refractivity contribution in [1.82, 2.24) is 15.1 Å². The van der Waals surface area contributed by atoms with Crippen molar-refractivity contribution in [2.24, 2.45) is 7.05 Å². The van der Waals surface area contributed by atoms with Crippen molar-refractivity contribution in [3.05, 3.63) is 22.1 Å². The van der Waals surface area contributed by atoms with Crippen molar-refractivity contribution < 1.29 is 9.53 Å². The lowest BCUT2D eigenvalue weighted by Crippen LogP contribution is -2.32. The first-order chi connectivity index (χ1) is 7.28. The maximum absolute atomic E-state index is 11.3. The van der Waals surface area contributed by atoms with E-state index in [4.69, 9.17) is 4.74 Å². The summed E-state index contributed by atoms with van der Waals surface area (Å²) in [7, 11) is 1.61. The van der Waals surface area contributed by atoms with E-state index < -0.39 is 11.7 Å². The van der Waals surface area contributed by atoms with Crippen LogP contribution in [0.4, 0.5) is 4.79 Å². The highest BCUT2D eigenvalue weighted by Gasteiger charge is 2.15. The summed E-state index contributed by atoms with van der Waals surface area (Å²) in [6.07, 6.45) is -0.503. The molecular formula is C10H17N3O3. The van der Waals surface area contributed by atoms with Gasteiger partial charge in [-0.05, 0) is 20.8 Å². The summed E-state index contributed by atoms with van der Waals surface area (Å²) < 4.78 is 6.39. The van der Waals surface area contributed by atoms with E-state index >= 15 is 0 Å². The van der Waals surface area contributed by atoms with Crippen LogP contribution in [-0.2, 0) is 18.3 Å². The number of rotatable bonds is 2. The van der Waals surface area contributed by atoms with Gasteiger partial charge in [0.05, 0.1) is 12.2 Å². The number of H-pyrrole nitrogens is 1. The predicted molar refractivity (Wildman–Crippen MR) is 59.1 cm³/mol. The minimum atomic E-state index is -0.520. The third-order valence-corrected chi connectivity index (χ3v) is 1.76. The Morgan fingerprint density at radius 2 is 2.19 bits per heavy atom. The fraction of sp³-hybridized carbons (Fsp3) is 0.600. The third-order valence-electron chi connectivity index (χ3n) is 1.76. The smallest absolute Gasteiger partial charge is 0.407 e. The fourth-order valence-electron chi connectivity index (χ4n) is 1.12. The highest BCUT2D eigenvalue weighted by Crippen LogP contribution is 2.06. The van der Waals surface area contributed by atoms with E-state index in [1.165, 1.54) is 10.7 Å². The van der Waals surface area contributed by atoms with Crippen LogP contribution in [-0.4, -0.2) is 21.5 Å². The first-order valence-corrected chi connectivity index (χ1v) is 5.00. The lowest BCUT2D eigenvalue weighted by molar-refractivity contribution is 0.0523. The predicted octanol–water partition coefficient (Wildman–Crippen LogP) is 0.738. The molecule has 0 aliphatic carbocycles. The van der Waals surface area contributed by atoms with Gasteiger partial charge in [0.1, 0.15) is 5.60 Å². The fourth-order valence-corrected chi connectivity index (χ4v) is 1.12. The molecule has 1 aromatic rings. The van der Waals surface area contributed by atoms with Crippen molar-refractivity contribution in [1.29, 1.82) is 0 Å². The standard InChI is InChI=1S/C10H17N3O3/c1-10(2,3)16-9(15)11-6-7-5-8(14)13(4)12-7/h5,12H,6H2,1-4H3,(H,11,15). The second-order valence-corrected chi connectivity index (χ2v) is 4.53. The average Bonchev–Trinajstić information content (AvgIpc) is 2.40. The Kier molecular flexibility index (Phi) is 3.41. The zero-order chi connectivity index (χ0) is 12.3. The first-order valence-electron chi connectivity index (χ1n) is 5.00. The lowest BCUT2D eigenvalue weighted by Gasteiger charge is -2.19. The van der Waals surface area contributed by atoms with Gasteiger partial charge >= 0.3 is 6.09 Å². The van der Waals surface area contributed by atoms with Crippen LogP contribution in [0.5, 0.6) is 0 Å². The van der Waals surface area contributed by atoms with Crippen LogP contribution in [0.2, 0.25) is 0 Å². The van der Waals surface area contributed by atoms with E-state index in [-0.39, 0.29) is 12.1 Å². The van der Waals surface area contributed by atoms with Gasteiger partial charge in [-0.15, -0.1) is 0 Å². The molecule has 0 saturated heterocycles. The van der Waals surface area contributed by atoms with E-state index in [2.05, 4.69) is 10.4 Å². The number of ether oxygens (including phenoxy) is 1. The molecule has 0 atom stereocenters. The maximum atomic E-state index is 11.3. The zero-order valence-corrected chi connectivity index (χ0v) is 9.96. The Labute approximate surface area is 93.6 Å². The molecule has 0 unspecified atom stereocenters. The van der Waals surface area contributed by atoms with Gasteiger partial charge in [0.25, 0.3) is 5.56 Å². The summed E-state index contributed by atoms with van der Waals surface area (Å²) in [6, 6.07) is 1.43. The lowest BCUT2D eigenvalue weighted by atomic mass is 10.2. The summed E-state index contributed by atoms with van der Waals surface area (Å²) in [5.41, 5.74) is -0.0203. The quantitative estimate of drug-likeness (QED) is 0.782. The molecule has 0 fully saturated rings. The Balaban J connectivity index is 2.46. The molecule has 1 amide bonds. The molecule has 0 spiro atoms. The monoisotopic (exact) mass is 227 g/mol. The summed E-state index contributed by atoms with van der Waals surface area (Å²) in [5.74, 6) is 0. The van der Waals surface area contributed by atoms with Gasteiger partial charge in [-0.2, -0.15) is 0 Å². The second kappa shape index (κ2) is 4.42. The highest BCUT2D eigenvalue weighted by atomic mass is 16.6. The Bertz CT molecular complexity index is 425. The van der Waals surface area contributed by atoms with Crippen molar-refractivity contribution in [3.8, 4) is 0 Å². The number of nitrogens with one attached hydrogen (secondary N) is 2. The van der Waals surface area contributed by atoms with Crippen molar-refractivity contribution in [2.75, 3.05) is 0 Å². The normalized spacial score (nSPS) is 11.2. The SMILES string of the molecule is Cn1[nH]c(CNC(=O)OC(C)(C)C)cc1=O. The van der Waals surface area contributed by atoms with Crippen LogP contribution in [0.25, 0.3) is 0 Å². The van der Waals surface area contributed by atoms with Gasteiger partial charge in [-0.1, -0.05) is 0 Å². The molecule has 1 rings (SSSR count). The van der Waals surface area contributed by atoms with Crippen LogP contribution in [0.1, 0.15) is 26.5 Å². The minimum absolute atomic E-state index is 0.138. The zero-order valence-electron chi connectivity index (χ0n) is 9.96. The van der Waals surface area contributed by atoms with Crippen LogP contribution in [0.15, 0.2) is 10.9 Å². The van der Waals surface area contributed by atoms with Gasteiger partial charge < -0.3 is 10.1 Å². The molecule has 0 aliphatic rings. The van der Waals surface area contributed by atoms with E-state index in [0.29, 0.717) is 5.69 Å². The van der Waals surface area contributed by atoms with Crippen molar-refractivity contribution in [3.63, 3.8) is 0 Å². The Morgan fingerprint density at radius 3 is 2.62 bits per heavy atom. The van der Waals surface area contributed by atoms with E-state index in [0.717, 1.165) is 0 Å². The Hall–Kier alpha value is -1.72. The van der Waals surface area contributed by atoms with E-state index in [1.54, 1.807) is 27.8 Å². The number of hydrogen-bond acceptors (Lipinski definition) is 3. The molecule has 0 aliphatic heterocycles. The van der Waals surface area contributed by atoms with Crippen LogP contribution in [0.3, 0.4) is 0 Å². The largest absolute Gasteiger partial charge is 0.444 e. The first kappa shape index (κ1) is 12.4. The molecule has 16 heavy (non-hydrogen) atoms. The Morgan fingerprint density at radius 1 is 1.56 bits per heavy atom. The number of aromatic amines is 1. The maximum Gasteiger partial charge on any atom is 0.407 e. The molecule has 1 heterocycles. The molecular weight excluding hydrogens is 210 g/mol. The summed E-state index contributed by atoms with van der Waals surface area (Å²) >= 11 is 0. The summed E-state index contributed by atoms with van der Waals surface area (Å²) in [5, 5.41) is 5.35. The van der Waals surface area contributed by atoms with Crippen molar-refractivity contribution >= 4 is 6.09 Å². The second-order valence-electron chi connectivity index (χ2n) is 4.53. The molecule has 2 N–H and O–H groups in total. The number of carbonyl (C=O) groups is 1. The van der Waals surface area contributed by atoms with E-state index in [9.17, 15) is 9.59 Å². The van der Waals surface area contributed by atoms with E-state index in [1.807, 2.05) is 0 Å². The van der Waals surface area contributed by atoms with Gasteiger partial charge in [-0.25, -0.2) is 4.79 Å². The average molecular weight is 227 g/mol.